The van der Waals surface area contributed by atoms with Crippen molar-refractivity contribution in [2.75, 3.05) is 25.2 Å². The average molecular weight is 398 g/mol. The number of ether oxygens (including phenoxy) is 2. The van der Waals surface area contributed by atoms with Crippen LogP contribution < -0.4 is 15.0 Å². The molecule has 9 heteroatoms. The lowest BCUT2D eigenvalue weighted by Crippen LogP contribution is -2.38. The molecule has 0 spiro atoms. The summed E-state index contributed by atoms with van der Waals surface area (Å²) in [5, 5.41) is 3.37. The number of anilines is 1. The van der Waals surface area contributed by atoms with Crippen LogP contribution in [0.1, 0.15) is 37.7 Å². The van der Waals surface area contributed by atoms with Gasteiger partial charge in [-0.1, -0.05) is 0 Å². The maximum absolute atomic E-state index is 14.1. The van der Waals surface area contributed by atoms with Crippen molar-refractivity contribution < 1.29 is 13.9 Å². The molecule has 2 bridgehead atoms. The van der Waals surface area contributed by atoms with Gasteiger partial charge in [0.25, 0.3) is 0 Å². The quantitative estimate of drug-likeness (QED) is 0.675. The molecule has 29 heavy (non-hydrogen) atoms. The van der Waals surface area contributed by atoms with E-state index < -0.39 is 6.35 Å². The Kier molecular flexibility index (Phi) is 4.56. The first-order valence-corrected chi connectivity index (χ1v) is 9.81. The van der Waals surface area contributed by atoms with Crippen molar-refractivity contribution in [2.45, 2.75) is 38.2 Å². The fourth-order valence-electron chi connectivity index (χ4n) is 4.16. The van der Waals surface area contributed by atoms with Crippen LogP contribution in [0.25, 0.3) is 11.2 Å². The first-order valence-electron chi connectivity index (χ1n) is 9.81. The van der Waals surface area contributed by atoms with Crippen LogP contribution in [-0.4, -0.2) is 45.8 Å². The molecule has 2 aliphatic heterocycles. The lowest BCUT2D eigenvalue weighted by molar-refractivity contribution is 0.00479. The van der Waals surface area contributed by atoms with Crippen LogP contribution >= 0.6 is 0 Å². The van der Waals surface area contributed by atoms with E-state index in [0.717, 1.165) is 41.9 Å². The van der Waals surface area contributed by atoms with Crippen LogP contribution in [0.4, 0.5) is 10.2 Å². The number of fused-ring (bicyclic) bond motifs is 5. The van der Waals surface area contributed by atoms with E-state index in [-0.39, 0.29) is 17.9 Å². The Bertz CT molecular complexity index is 1040. The molecule has 2 aliphatic rings. The molecule has 0 amide bonds. The fraction of sp³-hybridized carbons (Fsp3) is 0.450. The second-order valence-corrected chi connectivity index (χ2v) is 7.53. The van der Waals surface area contributed by atoms with Crippen molar-refractivity contribution >= 4 is 17.0 Å². The van der Waals surface area contributed by atoms with E-state index in [1.807, 2.05) is 23.6 Å². The Hall–Kier alpha value is -2.78. The minimum absolute atomic E-state index is 0.0447. The zero-order valence-electron chi connectivity index (χ0n) is 16.4. The SMILES string of the molecule is COC1N[C@@H](C)COc2ncc(F)cc2C2CCCN2c2ccc3ncn1c3n2. The molecule has 2 unspecified atom stereocenters. The van der Waals surface area contributed by atoms with E-state index in [1.165, 1.54) is 12.3 Å². The molecule has 8 nitrogen and oxygen atoms in total. The van der Waals surface area contributed by atoms with E-state index in [0.29, 0.717) is 12.5 Å². The molecule has 152 valence electrons. The van der Waals surface area contributed by atoms with Crippen molar-refractivity contribution in [1.82, 2.24) is 24.8 Å². The van der Waals surface area contributed by atoms with Gasteiger partial charge in [0.05, 0.1) is 12.2 Å². The van der Waals surface area contributed by atoms with Crippen molar-refractivity contribution in [1.29, 1.82) is 0 Å². The Morgan fingerprint density at radius 3 is 3.07 bits per heavy atom. The average Bonchev–Trinajstić information content (AvgIpc) is 3.37. The third kappa shape index (κ3) is 3.20. The number of imidazole rings is 1. The molecule has 5 rings (SSSR count). The van der Waals surface area contributed by atoms with Gasteiger partial charge >= 0.3 is 0 Å². The van der Waals surface area contributed by atoms with Gasteiger partial charge in [0, 0.05) is 25.3 Å². The molecule has 3 aromatic heterocycles. The van der Waals surface area contributed by atoms with Crippen molar-refractivity contribution in [3.05, 3.63) is 42.1 Å². The normalized spacial score (nSPS) is 24.4. The molecule has 1 N–H and O–H groups in total. The molecule has 0 saturated carbocycles. The van der Waals surface area contributed by atoms with Crippen LogP contribution in [0.3, 0.4) is 0 Å². The second kappa shape index (κ2) is 7.23. The molecule has 3 atom stereocenters. The van der Waals surface area contributed by atoms with E-state index in [1.54, 1.807) is 13.4 Å². The highest BCUT2D eigenvalue weighted by molar-refractivity contribution is 5.73. The molecule has 1 fully saturated rings. The summed E-state index contributed by atoms with van der Waals surface area (Å²) in [6.45, 7) is 3.19. The Morgan fingerprint density at radius 1 is 1.31 bits per heavy atom. The molecule has 0 aromatic carbocycles. The summed E-state index contributed by atoms with van der Waals surface area (Å²) >= 11 is 0. The minimum Gasteiger partial charge on any atom is -0.476 e. The van der Waals surface area contributed by atoms with Crippen LogP contribution in [-0.2, 0) is 4.74 Å². The summed E-state index contributed by atoms with van der Waals surface area (Å²) in [5.41, 5.74) is 2.28. The fourth-order valence-corrected chi connectivity index (χ4v) is 4.16. The van der Waals surface area contributed by atoms with E-state index >= 15 is 0 Å². The smallest absolute Gasteiger partial charge is 0.218 e. The van der Waals surface area contributed by atoms with Crippen molar-refractivity contribution in [2.24, 2.45) is 0 Å². The zero-order chi connectivity index (χ0) is 20.0. The lowest BCUT2D eigenvalue weighted by Gasteiger charge is -2.27. The highest BCUT2D eigenvalue weighted by Crippen LogP contribution is 2.39. The Balaban J connectivity index is 1.67. The number of pyridine rings is 2. The van der Waals surface area contributed by atoms with Gasteiger partial charge in [-0.15, -0.1) is 0 Å². The summed E-state index contributed by atoms with van der Waals surface area (Å²) in [5.74, 6) is 0.919. The second-order valence-electron chi connectivity index (χ2n) is 7.53. The number of halogens is 1. The summed E-state index contributed by atoms with van der Waals surface area (Å²) in [6.07, 6.45) is 4.35. The van der Waals surface area contributed by atoms with Gasteiger partial charge < -0.3 is 14.4 Å². The zero-order valence-corrected chi connectivity index (χ0v) is 16.4. The third-order valence-electron chi connectivity index (χ3n) is 5.53. The molecule has 3 aromatic rings. The number of hydrogen-bond acceptors (Lipinski definition) is 7. The monoisotopic (exact) mass is 398 g/mol. The standard InChI is InChI=1S/C20H23FN6O2/c1-12-10-29-19-14(8-13(21)9-22-19)16-4-3-7-26(16)17-6-5-15-18(25-17)27(11-23-15)20(24-12)28-2/h5-6,8-9,11-12,16,20,24H,3-4,7,10H2,1-2H3/t12-,16?,20?/m0/s1. The van der Waals surface area contributed by atoms with Gasteiger partial charge in [0.1, 0.15) is 30.1 Å². The van der Waals surface area contributed by atoms with Gasteiger partial charge in [0.2, 0.25) is 5.88 Å². The number of methoxy groups -OCH3 is 1. The summed E-state index contributed by atoms with van der Waals surface area (Å²) in [7, 11) is 1.63. The number of nitrogens with zero attached hydrogens (tertiary/aromatic N) is 5. The third-order valence-corrected chi connectivity index (χ3v) is 5.53. The number of rotatable bonds is 1. The summed E-state index contributed by atoms with van der Waals surface area (Å²) < 4.78 is 27.6. The predicted molar refractivity (Wildman–Crippen MR) is 105 cm³/mol. The maximum atomic E-state index is 14.1. The predicted octanol–water partition coefficient (Wildman–Crippen LogP) is 2.78. The number of hydrogen-bond donors (Lipinski definition) is 1. The highest BCUT2D eigenvalue weighted by Gasteiger charge is 2.31. The molecule has 1 saturated heterocycles. The van der Waals surface area contributed by atoms with E-state index in [9.17, 15) is 4.39 Å². The van der Waals surface area contributed by atoms with E-state index in [4.69, 9.17) is 14.5 Å². The molecule has 0 radical (unpaired) electrons. The van der Waals surface area contributed by atoms with Crippen LogP contribution in [0.5, 0.6) is 5.88 Å². The van der Waals surface area contributed by atoms with Crippen LogP contribution in [0, 0.1) is 5.82 Å². The molecular formula is C20H23FN6O2. The Morgan fingerprint density at radius 2 is 2.21 bits per heavy atom. The van der Waals surface area contributed by atoms with Crippen molar-refractivity contribution in [3.8, 4) is 5.88 Å². The summed E-state index contributed by atoms with van der Waals surface area (Å²) in [4.78, 5) is 15.8. The van der Waals surface area contributed by atoms with Crippen molar-refractivity contribution in [3.63, 3.8) is 0 Å². The minimum atomic E-state index is -0.447. The van der Waals surface area contributed by atoms with Gasteiger partial charge in [-0.3, -0.25) is 9.88 Å². The van der Waals surface area contributed by atoms with Gasteiger partial charge in [-0.05, 0) is 38.0 Å². The van der Waals surface area contributed by atoms with Crippen LogP contribution in [0.15, 0.2) is 30.7 Å². The van der Waals surface area contributed by atoms with Gasteiger partial charge in [-0.2, -0.15) is 0 Å². The molecule has 5 heterocycles. The van der Waals surface area contributed by atoms with Gasteiger partial charge in [-0.25, -0.2) is 19.3 Å². The highest BCUT2D eigenvalue weighted by atomic mass is 19.1. The lowest BCUT2D eigenvalue weighted by atomic mass is 10.1. The molecule has 0 aliphatic carbocycles. The first kappa shape index (κ1) is 18.3. The molecular weight excluding hydrogens is 375 g/mol. The van der Waals surface area contributed by atoms with Crippen LogP contribution in [0.2, 0.25) is 0 Å². The largest absolute Gasteiger partial charge is 0.476 e. The van der Waals surface area contributed by atoms with Gasteiger partial charge in [0.15, 0.2) is 12.0 Å². The number of aromatic nitrogens is 4. The van der Waals surface area contributed by atoms with E-state index in [2.05, 4.69) is 20.2 Å². The maximum Gasteiger partial charge on any atom is 0.218 e. The summed E-state index contributed by atoms with van der Waals surface area (Å²) in [6, 6.07) is 5.35. The number of nitrogens with one attached hydrogen (secondary N) is 1. The Labute approximate surface area is 167 Å². The topological polar surface area (TPSA) is 77.3 Å². The first-order chi connectivity index (χ1) is 14.1.